The molecule has 0 aliphatic heterocycles. The standard InChI is InChI=1S/C17H18F3N3O4S/c1-23(2)15-7-6-13(28(21,25)26)9-14(15)22-16(24)10-27-12-5-3-4-11(8-12)17(18,19)20/h3-9H,10H2,1-2H3,(H,22,24)(H2,21,25,26). The SMILES string of the molecule is CN(C)c1ccc(S(N)(=O)=O)cc1NC(=O)COc1cccc(C(F)(F)F)c1. The number of benzene rings is 2. The van der Waals surface area contributed by atoms with Gasteiger partial charge in [-0.15, -0.1) is 0 Å². The van der Waals surface area contributed by atoms with Crippen molar-refractivity contribution in [2.24, 2.45) is 5.14 Å². The Morgan fingerprint density at radius 1 is 1.18 bits per heavy atom. The number of hydrogen-bond donors (Lipinski definition) is 2. The molecule has 0 saturated carbocycles. The molecule has 3 N–H and O–H groups in total. The smallest absolute Gasteiger partial charge is 0.416 e. The van der Waals surface area contributed by atoms with Crippen LogP contribution >= 0.6 is 0 Å². The zero-order chi connectivity index (χ0) is 21.1. The summed E-state index contributed by atoms with van der Waals surface area (Å²) in [6.45, 7) is -0.576. The van der Waals surface area contributed by atoms with Gasteiger partial charge in [-0.2, -0.15) is 13.2 Å². The first kappa shape index (κ1) is 21.5. The Hall–Kier alpha value is -2.79. The minimum Gasteiger partial charge on any atom is -0.484 e. The van der Waals surface area contributed by atoms with E-state index in [1.165, 1.54) is 24.3 Å². The second-order valence-corrected chi connectivity index (χ2v) is 7.54. The first-order valence-corrected chi connectivity index (χ1v) is 9.36. The molecule has 0 heterocycles. The van der Waals surface area contributed by atoms with Crippen LogP contribution in [-0.4, -0.2) is 35.0 Å². The predicted molar refractivity (Wildman–Crippen MR) is 97.7 cm³/mol. The van der Waals surface area contributed by atoms with Crippen molar-refractivity contribution in [2.45, 2.75) is 11.1 Å². The summed E-state index contributed by atoms with van der Waals surface area (Å²) in [6.07, 6.45) is -4.53. The number of amides is 1. The number of primary sulfonamides is 1. The van der Waals surface area contributed by atoms with Crippen LogP contribution in [0.15, 0.2) is 47.4 Å². The fourth-order valence-corrected chi connectivity index (χ4v) is 2.82. The number of carbonyl (C=O) groups is 1. The Kier molecular flexibility index (Phi) is 6.20. The van der Waals surface area contributed by atoms with Gasteiger partial charge in [-0.25, -0.2) is 13.6 Å². The number of rotatable bonds is 6. The Bertz CT molecular complexity index is 976. The van der Waals surface area contributed by atoms with Gasteiger partial charge in [-0.05, 0) is 36.4 Å². The Morgan fingerprint density at radius 2 is 1.86 bits per heavy atom. The number of hydrogen-bond acceptors (Lipinski definition) is 5. The molecule has 0 aromatic heterocycles. The first-order chi connectivity index (χ1) is 12.9. The average molecular weight is 417 g/mol. The van der Waals surface area contributed by atoms with Crippen LogP contribution in [0.4, 0.5) is 24.5 Å². The van der Waals surface area contributed by atoms with Gasteiger partial charge in [0.2, 0.25) is 10.0 Å². The highest BCUT2D eigenvalue weighted by molar-refractivity contribution is 7.89. The van der Waals surface area contributed by atoms with E-state index in [0.29, 0.717) is 5.69 Å². The monoisotopic (exact) mass is 417 g/mol. The molecule has 2 aromatic rings. The van der Waals surface area contributed by atoms with Crippen molar-refractivity contribution >= 4 is 27.3 Å². The molecule has 1 amide bonds. The van der Waals surface area contributed by atoms with Gasteiger partial charge in [0.15, 0.2) is 6.61 Å². The van der Waals surface area contributed by atoms with Gasteiger partial charge in [0, 0.05) is 14.1 Å². The van der Waals surface area contributed by atoms with Crippen molar-refractivity contribution in [3.8, 4) is 5.75 Å². The molecule has 0 atom stereocenters. The first-order valence-electron chi connectivity index (χ1n) is 7.82. The molecule has 0 bridgehead atoms. The molecule has 0 aliphatic rings. The largest absolute Gasteiger partial charge is 0.484 e. The number of halogens is 3. The van der Waals surface area contributed by atoms with Crippen LogP contribution in [-0.2, 0) is 21.0 Å². The Balaban J connectivity index is 2.15. The lowest BCUT2D eigenvalue weighted by molar-refractivity contribution is -0.137. The number of carbonyl (C=O) groups excluding carboxylic acids is 1. The van der Waals surface area contributed by atoms with Gasteiger partial charge in [0.1, 0.15) is 5.75 Å². The van der Waals surface area contributed by atoms with Gasteiger partial charge < -0.3 is 15.0 Å². The highest BCUT2D eigenvalue weighted by Gasteiger charge is 2.30. The van der Waals surface area contributed by atoms with Crippen LogP contribution in [0.3, 0.4) is 0 Å². The summed E-state index contributed by atoms with van der Waals surface area (Å²) in [5.74, 6) is -0.817. The lowest BCUT2D eigenvalue weighted by atomic mass is 10.2. The highest BCUT2D eigenvalue weighted by atomic mass is 32.2. The van der Waals surface area contributed by atoms with Gasteiger partial charge in [0.25, 0.3) is 5.91 Å². The third kappa shape index (κ3) is 5.60. The van der Waals surface area contributed by atoms with Crippen molar-refractivity contribution in [1.29, 1.82) is 0 Å². The zero-order valence-electron chi connectivity index (χ0n) is 14.9. The lowest BCUT2D eigenvalue weighted by Gasteiger charge is -2.19. The van der Waals surface area contributed by atoms with Gasteiger partial charge in [-0.1, -0.05) is 6.07 Å². The number of anilines is 2. The molecule has 152 valence electrons. The molecule has 7 nitrogen and oxygen atoms in total. The summed E-state index contributed by atoms with van der Waals surface area (Å²) in [5, 5.41) is 7.57. The molecule has 0 spiro atoms. The number of ether oxygens (including phenoxy) is 1. The summed E-state index contributed by atoms with van der Waals surface area (Å²) in [7, 11) is -0.623. The summed E-state index contributed by atoms with van der Waals surface area (Å²) in [4.78, 5) is 13.6. The number of sulfonamides is 1. The number of alkyl halides is 3. The minimum atomic E-state index is -4.53. The average Bonchev–Trinajstić information content (AvgIpc) is 2.58. The second kappa shape index (κ2) is 8.07. The van der Waals surface area contributed by atoms with Crippen molar-refractivity contribution in [3.63, 3.8) is 0 Å². The topological polar surface area (TPSA) is 102 Å². The number of nitrogens with one attached hydrogen (secondary N) is 1. The minimum absolute atomic E-state index is 0.129. The van der Waals surface area contributed by atoms with Crippen molar-refractivity contribution in [2.75, 3.05) is 30.9 Å². The van der Waals surface area contributed by atoms with Crippen LogP contribution < -0.4 is 20.1 Å². The zero-order valence-corrected chi connectivity index (χ0v) is 15.8. The van der Waals surface area contributed by atoms with Crippen LogP contribution in [0.2, 0.25) is 0 Å². The molecule has 11 heteroatoms. The van der Waals surface area contributed by atoms with E-state index in [0.717, 1.165) is 18.2 Å². The van der Waals surface area contributed by atoms with Crippen LogP contribution in [0.5, 0.6) is 5.75 Å². The third-order valence-electron chi connectivity index (χ3n) is 3.58. The maximum Gasteiger partial charge on any atom is 0.416 e. The van der Waals surface area contributed by atoms with E-state index in [2.05, 4.69) is 5.32 Å². The van der Waals surface area contributed by atoms with Crippen molar-refractivity contribution < 1.29 is 31.1 Å². The summed E-state index contributed by atoms with van der Waals surface area (Å²) in [5.41, 5.74) is -0.241. The highest BCUT2D eigenvalue weighted by Crippen LogP contribution is 2.31. The lowest BCUT2D eigenvalue weighted by Crippen LogP contribution is -2.23. The van der Waals surface area contributed by atoms with Crippen molar-refractivity contribution in [1.82, 2.24) is 0 Å². The molecule has 0 saturated heterocycles. The van der Waals surface area contributed by atoms with Crippen LogP contribution in [0.25, 0.3) is 0 Å². The second-order valence-electron chi connectivity index (χ2n) is 5.98. The van der Waals surface area contributed by atoms with E-state index >= 15 is 0 Å². The van der Waals surface area contributed by atoms with E-state index < -0.39 is 34.3 Å². The van der Waals surface area contributed by atoms with E-state index in [1.807, 2.05) is 0 Å². The van der Waals surface area contributed by atoms with E-state index in [-0.39, 0.29) is 16.3 Å². The molecule has 2 aromatic carbocycles. The quantitative estimate of drug-likeness (QED) is 0.752. The normalized spacial score (nSPS) is 11.8. The maximum absolute atomic E-state index is 12.7. The van der Waals surface area contributed by atoms with E-state index in [9.17, 15) is 26.4 Å². The predicted octanol–water partition coefficient (Wildman–Crippen LogP) is 2.44. The van der Waals surface area contributed by atoms with Crippen LogP contribution in [0.1, 0.15) is 5.56 Å². The fraction of sp³-hybridized carbons (Fsp3) is 0.235. The van der Waals surface area contributed by atoms with Crippen molar-refractivity contribution in [3.05, 3.63) is 48.0 Å². The van der Waals surface area contributed by atoms with Gasteiger partial charge >= 0.3 is 6.18 Å². The Labute approximate surface area is 159 Å². The molecular weight excluding hydrogens is 399 g/mol. The Morgan fingerprint density at radius 3 is 2.43 bits per heavy atom. The molecule has 0 radical (unpaired) electrons. The molecular formula is C17H18F3N3O4S. The fourth-order valence-electron chi connectivity index (χ4n) is 2.28. The maximum atomic E-state index is 12.7. The summed E-state index contributed by atoms with van der Waals surface area (Å²) >= 11 is 0. The third-order valence-corrected chi connectivity index (χ3v) is 4.49. The molecule has 0 fully saturated rings. The van der Waals surface area contributed by atoms with E-state index in [4.69, 9.17) is 9.88 Å². The molecule has 28 heavy (non-hydrogen) atoms. The van der Waals surface area contributed by atoms with Gasteiger partial charge in [0.05, 0.1) is 21.8 Å². The molecule has 0 aliphatic carbocycles. The van der Waals surface area contributed by atoms with Gasteiger partial charge in [-0.3, -0.25) is 4.79 Å². The summed E-state index contributed by atoms with van der Waals surface area (Å²) < 4.78 is 66.3. The number of nitrogens with two attached hydrogens (primary N) is 1. The van der Waals surface area contributed by atoms with Crippen LogP contribution in [0, 0.1) is 0 Å². The van der Waals surface area contributed by atoms with E-state index in [1.54, 1.807) is 19.0 Å². The molecule has 2 rings (SSSR count). The number of nitrogens with zero attached hydrogens (tertiary/aromatic N) is 1. The molecule has 0 unspecified atom stereocenters. The summed E-state index contributed by atoms with van der Waals surface area (Å²) in [6, 6.07) is 8.05.